The Labute approximate surface area is 58.6 Å². The molecule has 0 rings (SSSR count). The van der Waals surface area contributed by atoms with Crippen LogP contribution >= 0.6 is 0 Å². The Balaban J connectivity index is -0.000000107. The second-order valence-electron chi connectivity index (χ2n) is 1.02. The lowest BCUT2D eigenvalue weighted by molar-refractivity contribution is -0.159. The molecule has 0 aliphatic carbocycles. The average Bonchev–Trinajstić information content (AvgIpc) is 1.68. The molecule has 0 aromatic rings. The van der Waals surface area contributed by atoms with Crippen molar-refractivity contribution < 1.29 is 19.8 Å². The first-order chi connectivity index (χ1) is 4.06. The van der Waals surface area contributed by atoms with Crippen molar-refractivity contribution in [2.75, 3.05) is 0 Å². The van der Waals surface area contributed by atoms with Gasteiger partial charge in [-0.1, -0.05) is 6.08 Å². The molecule has 0 unspecified atom stereocenters. The molecular formula is C5H11NO4. The molecule has 0 aromatic heterocycles. The van der Waals surface area contributed by atoms with Crippen LogP contribution in [0, 0.1) is 0 Å². The summed E-state index contributed by atoms with van der Waals surface area (Å²) in [6.07, 6.45) is 1.75. The van der Waals surface area contributed by atoms with Crippen LogP contribution in [0.25, 0.3) is 0 Å². The van der Waals surface area contributed by atoms with E-state index in [-0.39, 0.29) is 6.15 Å². The van der Waals surface area contributed by atoms with E-state index in [1.165, 1.54) is 0 Å². The van der Waals surface area contributed by atoms with Gasteiger partial charge in [-0.2, -0.15) is 0 Å². The van der Waals surface area contributed by atoms with Crippen LogP contribution in [0.2, 0.25) is 0 Å². The SMILES string of the molecule is C=CC.N.O=C(O)C(=O)O. The molecule has 5 heteroatoms. The molecule has 0 amide bonds. The molecule has 0 aromatic carbocycles. The van der Waals surface area contributed by atoms with Crippen molar-refractivity contribution in [2.45, 2.75) is 6.92 Å². The maximum absolute atomic E-state index is 9.10. The molecule has 0 aliphatic heterocycles. The predicted octanol–water partition coefficient (Wildman–Crippen LogP) is 0.510. The fourth-order valence-corrected chi connectivity index (χ4v) is 0. The number of allylic oxidation sites excluding steroid dienone is 1. The fraction of sp³-hybridized carbons (Fsp3) is 0.200. The van der Waals surface area contributed by atoms with Gasteiger partial charge >= 0.3 is 11.9 Å². The van der Waals surface area contributed by atoms with Crippen LogP contribution in [0.4, 0.5) is 0 Å². The van der Waals surface area contributed by atoms with Crippen LogP contribution in [0.15, 0.2) is 12.7 Å². The second-order valence-corrected chi connectivity index (χ2v) is 1.02. The zero-order valence-corrected chi connectivity index (χ0v) is 5.70. The maximum atomic E-state index is 9.10. The molecule has 0 fully saturated rings. The van der Waals surface area contributed by atoms with E-state index in [1.807, 2.05) is 6.92 Å². The summed E-state index contributed by atoms with van der Waals surface area (Å²) >= 11 is 0. The Morgan fingerprint density at radius 3 is 1.40 bits per heavy atom. The van der Waals surface area contributed by atoms with Crippen molar-refractivity contribution in [3.63, 3.8) is 0 Å². The molecule has 0 bridgehead atoms. The number of carboxylic acid groups (broad SMARTS) is 2. The Bertz CT molecular complexity index is 109. The van der Waals surface area contributed by atoms with Gasteiger partial charge in [-0.3, -0.25) is 0 Å². The van der Waals surface area contributed by atoms with E-state index >= 15 is 0 Å². The normalized spacial score (nSPS) is 5.70. The molecule has 0 aliphatic rings. The lowest BCUT2D eigenvalue weighted by atomic mass is 10.7. The van der Waals surface area contributed by atoms with Crippen LogP contribution in [-0.2, 0) is 9.59 Å². The average molecular weight is 149 g/mol. The van der Waals surface area contributed by atoms with Crippen molar-refractivity contribution in [2.24, 2.45) is 0 Å². The van der Waals surface area contributed by atoms with E-state index in [2.05, 4.69) is 6.58 Å². The van der Waals surface area contributed by atoms with Crippen molar-refractivity contribution in [1.82, 2.24) is 6.15 Å². The van der Waals surface area contributed by atoms with Crippen molar-refractivity contribution >= 4 is 11.9 Å². The third-order valence-corrected chi connectivity index (χ3v) is 0.183. The number of hydrogen-bond donors (Lipinski definition) is 3. The van der Waals surface area contributed by atoms with E-state index in [9.17, 15) is 0 Å². The van der Waals surface area contributed by atoms with Gasteiger partial charge in [0.2, 0.25) is 0 Å². The Kier molecular flexibility index (Phi) is 16.8. The van der Waals surface area contributed by atoms with Crippen molar-refractivity contribution in [3.05, 3.63) is 12.7 Å². The minimum Gasteiger partial charge on any atom is -0.473 e. The number of rotatable bonds is 0. The molecule has 10 heavy (non-hydrogen) atoms. The number of carboxylic acids is 2. The second kappa shape index (κ2) is 10.6. The summed E-state index contributed by atoms with van der Waals surface area (Å²) in [6.45, 7) is 5.25. The van der Waals surface area contributed by atoms with E-state index < -0.39 is 11.9 Å². The third kappa shape index (κ3) is 30.3. The van der Waals surface area contributed by atoms with Gasteiger partial charge in [-0.25, -0.2) is 9.59 Å². The summed E-state index contributed by atoms with van der Waals surface area (Å²) < 4.78 is 0. The zero-order chi connectivity index (χ0) is 7.86. The molecule has 60 valence electrons. The zero-order valence-electron chi connectivity index (χ0n) is 5.70. The predicted molar refractivity (Wildman–Crippen MR) is 36.2 cm³/mol. The van der Waals surface area contributed by atoms with Crippen molar-refractivity contribution in [3.8, 4) is 0 Å². The van der Waals surface area contributed by atoms with Crippen LogP contribution in [0.5, 0.6) is 0 Å². The minimum atomic E-state index is -1.82. The van der Waals surface area contributed by atoms with Gasteiger partial charge in [-0.15, -0.1) is 6.58 Å². The molecule has 0 saturated heterocycles. The van der Waals surface area contributed by atoms with Gasteiger partial charge in [0.25, 0.3) is 0 Å². The summed E-state index contributed by atoms with van der Waals surface area (Å²) in [5.41, 5.74) is 0. The summed E-state index contributed by atoms with van der Waals surface area (Å²) in [7, 11) is 0. The minimum absolute atomic E-state index is 0. The standard InChI is InChI=1S/C3H6.C2H2O4.H3N/c1-3-2;3-1(4)2(5)6;/h3H,1H2,2H3;(H,3,4)(H,5,6);1H3. The van der Waals surface area contributed by atoms with E-state index in [4.69, 9.17) is 19.8 Å². The lowest BCUT2D eigenvalue weighted by Crippen LogP contribution is -2.09. The van der Waals surface area contributed by atoms with Gasteiger partial charge in [0.1, 0.15) is 0 Å². The highest BCUT2D eigenvalue weighted by Gasteiger charge is 2.04. The summed E-state index contributed by atoms with van der Waals surface area (Å²) in [6, 6.07) is 0. The molecule has 0 radical (unpaired) electrons. The van der Waals surface area contributed by atoms with E-state index in [1.54, 1.807) is 6.08 Å². The third-order valence-electron chi connectivity index (χ3n) is 0.183. The Morgan fingerprint density at radius 1 is 1.30 bits per heavy atom. The first kappa shape index (κ1) is 15.9. The first-order valence-corrected chi connectivity index (χ1v) is 2.09. The smallest absolute Gasteiger partial charge is 0.414 e. The summed E-state index contributed by atoms with van der Waals surface area (Å²) in [5.74, 6) is -3.65. The quantitative estimate of drug-likeness (QED) is 0.343. The molecule has 0 heterocycles. The van der Waals surface area contributed by atoms with Crippen molar-refractivity contribution in [1.29, 1.82) is 0 Å². The largest absolute Gasteiger partial charge is 0.473 e. The molecule has 0 spiro atoms. The number of hydrogen-bond acceptors (Lipinski definition) is 3. The highest BCUT2D eigenvalue weighted by atomic mass is 16.4. The number of carbonyl (C=O) groups is 2. The topological polar surface area (TPSA) is 110 Å². The molecule has 5 nitrogen and oxygen atoms in total. The molecule has 0 saturated carbocycles. The van der Waals surface area contributed by atoms with Gasteiger partial charge in [0.05, 0.1) is 0 Å². The van der Waals surface area contributed by atoms with Crippen LogP contribution < -0.4 is 6.15 Å². The van der Waals surface area contributed by atoms with Crippen LogP contribution in [0.3, 0.4) is 0 Å². The van der Waals surface area contributed by atoms with E-state index in [0.717, 1.165) is 0 Å². The highest BCUT2D eigenvalue weighted by molar-refractivity contribution is 6.27. The Morgan fingerprint density at radius 2 is 1.40 bits per heavy atom. The maximum Gasteiger partial charge on any atom is 0.414 e. The molecule has 5 N–H and O–H groups in total. The first-order valence-electron chi connectivity index (χ1n) is 2.09. The van der Waals surface area contributed by atoms with Crippen LogP contribution in [0.1, 0.15) is 6.92 Å². The van der Waals surface area contributed by atoms with Gasteiger partial charge in [0, 0.05) is 0 Å². The molecule has 0 atom stereocenters. The Hall–Kier alpha value is -1.36. The molecular weight excluding hydrogens is 138 g/mol. The van der Waals surface area contributed by atoms with Gasteiger partial charge in [-0.05, 0) is 6.92 Å². The lowest BCUT2D eigenvalue weighted by Gasteiger charge is -1.72. The van der Waals surface area contributed by atoms with Gasteiger partial charge in [0.15, 0.2) is 0 Å². The highest BCUT2D eigenvalue weighted by Crippen LogP contribution is 1.56. The monoisotopic (exact) mass is 149 g/mol. The summed E-state index contributed by atoms with van der Waals surface area (Å²) in [5, 5.41) is 14.8. The van der Waals surface area contributed by atoms with Crippen LogP contribution in [-0.4, -0.2) is 22.2 Å². The summed E-state index contributed by atoms with van der Waals surface area (Å²) in [4.78, 5) is 18.2. The fourth-order valence-electron chi connectivity index (χ4n) is 0. The van der Waals surface area contributed by atoms with E-state index in [0.29, 0.717) is 0 Å². The van der Waals surface area contributed by atoms with Gasteiger partial charge < -0.3 is 16.4 Å². The number of aliphatic carboxylic acids is 2.